The van der Waals surface area contributed by atoms with Crippen LogP contribution in [0.25, 0.3) is 78.3 Å². The van der Waals surface area contributed by atoms with Gasteiger partial charge in [-0.05, 0) is 69.4 Å². The molecule has 4 heteroatoms. The molecule has 0 N–H and O–H groups in total. The van der Waals surface area contributed by atoms with E-state index < -0.39 is 0 Å². The molecule has 6 aromatic carbocycles. The largest absolute Gasteiger partial charge is 0.237 e. The molecule has 46 heavy (non-hydrogen) atoms. The number of hydrogen-bond donors (Lipinski definition) is 0. The average molecular weight is 589 g/mol. The van der Waals surface area contributed by atoms with Crippen LogP contribution in [-0.2, 0) is 0 Å². The van der Waals surface area contributed by atoms with Crippen molar-refractivity contribution in [3.05, 3.63) is 170 Å². The van der Waals surface area contributed by atoms with Crippen molar-refractivity contribution < 1.29 is 0 Å². The van der Waals surface area contributed by atoms with Gasteiger partial charge in [0.2, 0.25) is 0 Å². The van der Waals surface area contributed by atoms with Crippen molar-refractivity contribution in [1.82, 2.24) is 19.9 Å². The average Bonchev–Trinajstić information content (AvgIpc) is 3.15. The van der Waals surface area contributed by atoms with Crippen LogP contribution in [0.2, 0.25) is 0 Å². The molecule has 0 aliphatic carbocycles. The lowest BCUT2D eigenvalue weighted by Crippen LogP contribution is -1.97. The Kier molecular flexibility index (Phi) is 7.14. The highest BCUT2D eigenvalue weighted by Gasteiger charge is 2.14. The molecule has 0 saturated heterocycles. The molecule has 0 bridgehead atoms. The normalized spacial score (nSPS) is 11.0. The van der Waals surface area contributed by atoms with E-state index in [1.807, 2.05) is 42.5 Å². The zero-order valence-electron chi connectivity index (χ0n) is 25.0. The van der Waals surface area contributed by atoms with E-state index in [0.29, 0.717) is 11.6 Å². The Hall–Kier alpha value is -6.26. The lowest BCUT2D eigenvalue weighted by atomic mass is 9.94. The third-order valence-corrected chi connectivity index (χ3v) is 8.18. The molecule has 0 aliphatic rings. The third kappa shape index (κ3) is 5.56. The van der Waals surface area contributed by atoms with Crippen molar-refractivity contribution in [2.24, 2.45) is 0 Å². The van der Waals surface area contributed by atoms with Crippen molar-refractivity contribution in [3.8, 4) is 67.5 Å². The predicted octanol–water partition coefficient (Wildman–Crippen LogP) is 10.4. The Bertz CT molecular complexity index is 2220. The Morgan fingerprint density at radius 1 is 0.283 bits per heavy atom. The molecule has 2 heterocycles. The predicted molar refractivity (Wildman–Crippen MR) is 188 cm³/mol. The molecule has 0 fully saturated rings. The number of hydrogen-bond acceptors (Lipinski definition) is 4. The van der Waals surface area contributed by atoms with Gasteiger partial charge < -0.3 is 0 Å². The Morgan fingerprint density at radius 2 is 0.804 bits per heavy atom. The van der Waals surface area contributed by atoms with E-state index in [1.165, 1.54) is 10.8 Å². The fraction of sp³-hybridized carbons (Fsp3) is 0. The van der Waals surface area contributed by atoms with E-state index in [2.05, 4.69) is 125 Å². The number of rotatable bonds is 6. The first-order valence-electron chi connectivity index (χ1n) is 15.3. The van der Waals surface area contributed by atoms with Crippen LogP contribution in [0, 0.1) is 0 Å². The van der Waals surface area contributed by atoms with E-state index >= 15 is 0 Å². The first-order valence-corrected chi connectivity index (χ1v) is 15.3. The van der Waals surface area contributed by atoms with Crippen molar-refractivity contribution in [2.75, 3.05) is 0 Å². The van der Waals surface area contributed by atoms with Crippen LogP contribution in [0.1, 0.15) is 0 Å². The maximum absolute atomic E-state index is 5.15. The van der Waals surface area contributed by atoms with Crippen LogP contribution < -0.4 is 0 Å². The monoisotopic (exact) mass is 588 g/mol. The number of fused-ring (bicyclic) bond motifs is 1. The first kappa shape index (κ1) is 27.3. The van der Waals surface area contributed by atoms with Gasteiger partial charge in [0.15, 0.2) is 11.6 Å². The van der Waals surface area contributed by atoms with Crippen molar-refractivity contribution in [2.45, 2.75) is 0 Å². The van der Waals surface area contributed by atoms with Gasteiger partial charge in [0.25, 0.3) is 0 Å². The highest BCUT2D eigenvalue weighted by molar-refractivity contribution is 5.89. The highest BCUT2D eigenvalue weighted by atomic mass is 14.9. The van der Waals surface area contributed by atoms with Gasteiger partial charge in [-0.1, -0.05) is 121 Å². The van der Waals surface area contributed by atoms with Gasteiger partial charge in [0.05, 0.1) is 11.4 Å². The molecule has 2 aromatic heterocycles. The van der Waals surface area contributed by atoms with E-state index in [0.717, 1.165) is 55.9 Å². The molecule has 0 aliphatic heterocycles. The van der Waals surface area contributed by atoms with Crippen LogP contribution in [0.4, 0.5) is 0 Å². The topological polar surface area (TPSA) is 51.6 Å². The minimum Gasteiger partial charge on any atom is -0.237 e. The van der Waals surface area contributed by atoms with Gasteiger partial charge in [-0.25, -0.2) is 19.9 Å². The van der Waals surface area contributed by atoms with Crippen molar-refractivity contribution in [3.63, 3.8) is 0 Å². The molecule has 0 unspecified atom stereocenters. The molecule has 8 aromatic rings. The maximum atomic E-state index is 5.15. The Balaban J connectivity index is 1.31. The van der Waals surface area contributed by atoms with Crippen LogP contribution in [0.3, 0.4) is 0 Å². The van der Waals surface area contributed by atoms with Crippen molar-refractivity contribution in [1.29, 1.82) is 0 Å². The maximum Gasteiger partial charge on any atom is 0.160 e. The standard InChI is InChI=1S/C42H28N4/c1-3-11-31(12-4-1)39-28-40(32-13-5-2-6-14-32)46-42(45-39)38-26-36(30-16-19-33(20-17-30)41-43-22-9-23-44-41)25-37(27-38)35-21-18-29-10-7-8-15-34(29)24-35/h1-28H. The fourth-order valence-corrected chi connectivity index (χ4v) is 5.81. The smallest absolute Gasteiger partial charge is 0.160 e. The molecule has 0 radical (unpaired) electrons. The quantitative estimate of drug-likeness (QED) is 0.194. The number of aromatic nitrogens is 4. The lowest BCUT2D eigenvalue weighted by molar-refractivity contribution is 1.18. The van der Waals surface area contributed by atoms with Crippen LogP contribution in [0.5, 0.6) is 0 Å². The summed E-state index contributed by atoms with van der Waals surface area (Å²) in [6, 6.07) is 54.7. The molecule has 216 valence electrons. The van der Waals surface area contributed by atoms with Gasteiger partial charge >= 0.3 is 0 Å². The molecule has 0 saturated carbocycles. The molecule has 0 atom stereocenters. The van der Waals surface area contributed by atoms with E-state index in [1.54, 1.807) is 12.4 Å². The van der Waals surface area contributed by atoms with Crippen LogP contribution >= 0.6 is 0 Å². The Labute approximate surface area is 267 Å². The summed E-state index contributed by atoms with van der Waals surface area (Å²) in [6.07, 6.45) is 3.53. The lowest BCUT2D eigenvalue weighted by Gasteiger charge is -2.13. The molecular formula is C42H28N4. The van der Waals surface area contributed by atoms with Gasteiger partial charge in [0, 0.05) is 34.6 Å². The zero-order valence-corrected chi connectivity index (χ0v) is 25.0. The number of nitrogens with zero attached hydrogens (tertiary/aromatic N) is 4. The second-order valence-corrected chi connectivity index (χ2v) is 11.2. The Morgan fingerprint density at radius 3 is 1.46 bits per heavy atom. The summed E-state index contributed by atoms with van der Waals surface area (Å²) < 4.78 is 0. The van der Waals surface area contributed by atoms with Gasteiger partial charge in [-0.2, -0.15) is 0 Å². The summed E-state index contributed by atoms with van der Waals surface area (Å²) in [5.41, 5.74) is 10.2. The molecule has 4 nitrogen and oxygen atoms in total. The molecule has 0 amide bonds. The van der Waals surface area contributed by atoms with E-state index in [-0.39, 0.29) is 0 Å². The summed E-state index contributed by atoms with van der Waals surface area (Å²) in [5, 5.41) is 2.42. The minimum atomic E-state index is 0.679. The first-order chi connectivity index (χ1) is 22.8. The van der Waals surface area contributed by atoms with E-state index in [9.17, 15) is 0 Å². The third-order valence-electron chi connectivity index (χ3n) is 8.18. The summed E-state index contributed by atoms with van der Waals surface area (Å²) in [7, 11) is 0. The summed E-state index contributed by atoms with van der Waals surface area (Å²) in [4.78, 5) is 19.1. The van der Waals surface area contributed by atoms with Crippen molar-refractivity contribution >= 4 is 10.8 Å². The zero-order chi connectivity index (χ0) is 30.7. The molecule has 8 rings (SSSR count). The van der Waals surface area contributed by atoms with Gasteiger partial charge in [-0.3, -0.25) is 0 Å². The van der Waals surface area contributed by atoms with Crippen LogP contribution in [0.15, 0.2) is 170 Å². The summed E-state index contributed by atoms with van der Waals surface area (Å²) >= 11 is 0. The van der Waals surface area contributed by atoms with E-state index in [4.69, 9.17) is 9.97 Å². The fourth-order valence-electron chi connectivity index (χ4n) is 5.81. The van der Waals surface area contributed by atoms with Crippen LogP contribution in [-0.4, -0.2) is 19.9 Å². The second-order valence-electron chi connectivity index (χ2n) is 11.2. The summed E-state index contributed by atoms with van der Waals surface area (Å²) in [6.45, 7) is 0. The number of benzene rings is 6. The minimum absolute atomic E-state index is 0.679. The molecular weight excluding hydrogens is 560 g/mol. The summed E-state index contributed by atoms with van der Waals surface area (Å²) in [5.74, 6) is 1.39. The second kappa shape index (κ2) is 12.0. The highest BCUT2D eigenvalue weighted by Crippen LogP contribution is 2.35. The SMILES string of the molecule is c1ccc(-c2cc(-c3ccccc3)nc(-c3cc(-c4ccc(-c5ncccn5)cc4)cc(-c4ccc5ccccc5c4)c3)n2)cc1. The van der Waals surface area contributed by atoms with Gasteiger partial charge in [-0.15, -0.1) is 0 Å². The molecule has 0 spiro atoms. The van der Waals surface area contributed by atoms with Gasteiger partial charge in [0.1, 0.15) is 0 Å².